The molecule has 1 aliphatic heterocycles. The Hall–Kier alpha value is -0.600. The molecule has 0 atom stereocenters. The minimum absolute atomic E-state index is 0.106. The number of hydrogen-bond donors (Lipinski definition) is 0. The van der Waals surface area contributed by atoms with Crippen molar-refractivity contribution < 1.29 is 9.13 Å². The summed E-state index contributed by atoms with van der Waals surface area (Å²) in [6, 6.07) is 3.20. The molecule has 1 aromatic carbocycles. The van der Waals surface area contributed by atoms with E-state index in [-0.39, 0.29) is 11.2 Å². The van der Waals surface area contributed by atoms with E-state index < -0.39 is 0 Å². The first-order chi connectivity index (χ1) is 6.53. The van der Waals surface area contributed by atoms with Crippen molar-refractivity contribution in [1.82, 2.24) is 0 Å². The Labute approximate surface area is 87.8 Å². The van der Waals surface area contributed by atoms with Crippen LogP contribution in [0.25, 0.3) is 0 Å². The van der Waals surface area contributed by atoms with Gasteiger partial charge in [0.15, 0.2) is 0 Å². The quantitative estimate of drug-likeness (QED) is 0.698. The molecule has 0 amide bonds. The normalized spacial score (nSPS) is 19.1. The predicted octanol–water partition coefficient (Wildman–Crippen LogP) is 3.08. The lowest BCUT2D eigenvalue weighted by molar-refractivity contribution is -0.0500. The van der Waals surface area contributed by atoms with Crippen LogP contribution in [0.4, 0.5) is 4.39 Å². The van der Waals surface area contributed by atoms with Crippen LogP contribution >= 0.6 is 11.6 Å². The monoisotopic (exact) mass is 214 g/mol. The molecule has 0 aliphatic carbocycles. The van der Waals surface area contributed by atoms with Gasteiger partial charge in [-0.3, -0.25) is 0 Å². The van der Waals surface area contributed by atoms with Gasteiger partial charge in [-0.15, -0.1) is 0 Å². The van der Waals surface area contributed by atoms with Crippen LogP contribution in [-0.4, -0.2) is 13.2 Å². The molecule has 76 valence electrons. The van der Waals surface area contributed by atoms with Gasteiger partial charge >= 0.3 is 0 Å². The maximum absolute atomic E-state index is 13.4. The van der Waals surface area contributed by atoms with E-state index in [1.807, 2.05) is 6.92 Å². The van der Waals surface area contributed by atoms with Gasteiger partial charge in [-0.2, -0.15) is 0 Å². The van der Waals surface area contributed by atoms with Crippen LogP contribution in [0.1, 0.15) is 18.1 Å². The highest BCUT2D eigenvalue weighted by Gasteiger charge is 2.37. The lowest BCUT2D eigenvalue weighted by Crippen LogP contribution is -2.44. The maximum Gasteiger partial charge on any atom is 0.126 e. The van der Waals surface area contributed by atoms with Crippen LogP contribution in [0.2, 0.25) is 5.02 Å². The van der Waals surface area contributed by atoms with E-state index in [0.717, 1.165) is 5.56 Å². The van der Waals surface area contributed by atoms with Crippen LogP contribution in [0.5, 0.6) is 0 Å². The molecule has 14 heavy (non-hydrogen) atoms. The molecule has 3 heteroatoms. The molecule has 0 spiro atoms. The van der Waals surface area contributed by atoms with Gasteiger partial charge < -0.3 is 4.74 Å². The summed E-state index contributed by atoms with van der Waals surface area (Å²) >= 11 is 6.08. The zero-order valence-corrected chi connectivity index (χ0v) is 8.99. The second-order valence-corrected chi connectivity index (χ2v) is 4.54. The number of halogens is 2. The third kappa shape index (κ3) is 1.43. The Kier molecular flexibility index (Phi) is 2.28. The molecular formula is C11H12ClFO. The van der Waals surface area contributed by atoms with Gasteiger partial charge in [-0.25, -0.2) is 4.39 Å². The molecule has 1 heterocycles. The fourth-order valence-electron chi connectivity index (χ4n) is 1.67. The van der Waals surface area contributed by atoms with Crippen molar-refractivity contribution in [2.75, 3.05) is 13.2 Å². The summed E-state index contributed by atoms with van der Waals surface area (Å²) < 4.78 is 18.5. The largest absolute Gasteiger partial charge is 0.379 e. The molecule has 1 aliphatic rings. The van der Waals surface area contributed by atoms with Crippen LogP contribution in [-0.2, 0) is 10.2 Å². The van der Waals surface area contributed by atoms with Crippen LogP contribution in [0, 0.1) is 12.7 Å². The summed E-state index contributed by atoms with van der Waals surface area (Å²) in [6.07, 6.45) is 0. The molecule has 1 fully saturated rings. The fraction of sp³-hybridized carbons (Fsp3) is 0.455. The van der Waals surface area contributed by atoms with E-state index in [4.69, 9.17) is 16.3 Å². The van der Waals surface area contributed by atoms with Gasteiger partial charge in [0.1, 0.15) is 5.82 Å². The first kappa shape index (κ1) is 9.94. The van der Waals surface area contributed by atoms with Gasteiger partial charge in [0.05, 0.1) is 13.2 Å². The first-order valence-corrected chi connectivity index (χ1v) is 4.95. The number of benzene rings is 1. The third-order valence-electron chi connectivity index (χ3n) is 2.74. The van der Waals surface area contributed by atoms with Crippen molar-refractivity contribution in [3.8, 4) is 0 Å². The minimum atomic E-state index is -0.197. The smallest absolute Gasteiger partial charge is 0.126 e. The first-order valence-electron chi connectivity index (χ1n) is 4.57. The highest BCUT2D eigenvalue weighted by molar-refractivity contribution is 6.31. The van der Waals surface area contributed by atoms with Gasteiger partial charge in [0.25, 0.3) is 0 Å². The highest BCUT2D eigenvalue weighted by atomic mass is 35.5. The number of ether oxygens (including phenoxy) is 1. The Morgan fingerprint density at radius 3 is 2.57 bits per heavy atom. The van der Waals surface area contributed by atoms with Crippen LogP contribution < -0.4 is 0 Å². The molecule has 1 nitrogen and oxygen atoms in total. The van der Waals surface area contributed by atoms with Gasteiger partial charge in [0, 0.05) is 10.4 Å². The van der Waals surface area contributed by atoms with E-state index >= 15 is 0 Å². The molecule has 2 rings (SSSR count). The van der Waals surface area contributed by atoms with E-state index in [9.17, 15) is 4.39 Å². The summed E-state index contributed by atoms with van der Waals surface area (Å²) in [6.45, 7) is 4.99. The van der Waals surface area contributed by atoms with Crippen LogP contribution in [0.3, 0.4) is 0 Å². The molecule has 0 bridgehead atoms. The lowest BCUT2D eigenvalue weighted by Gasteiger charge is -2.39. The van der Waals surface area contributed by atoms with Gasteiger partial charge in [0.2, 0.25) is 0 Å². The summed E-state index contributed by atoms with van der Waals surface area (Å²) in [4.78, 5) is 0. The van der Waals surface area contributed by atoms with E-state index in [0.29, 0.717) is 23.8 Å². The average Bonchev–Trinajstić information content (AvgIpc) is 2.07. The Balaban J connectivity index is 2.48. The van der Waals surface area contributed by atoms with Gasteiger partial charge in [-0.05, 0) is 30.2 Å². The second kappa shape index (κ2) is 3.21. The number of rotatable bonds is 1. The molecule has 0 unspecified atom stereocenters. The summed E-state index contributed by atoms with van der Waals surface area (Å²) in [5, 5.41) is 0.634. The zero-order valence-electron chi connectivity index (χ0n) is 8.23. The van der Waals surface area contributed by atoms with Crippen LogP contribution in [0.15, 0.2) is 12.1 Å². The molecule has 0 radical (unpaired) electrons. The number of aryl methyl sites for hydroxylation is 1. The topological polar surface area (TPSA) is 9.23 Å². The molecule has 0 N–H and O–H groups in total. The van der Waals surface area contributed by atoms with Crippen molar-refractivity contribution in [1.29, 1.82) is 0 Å². The van der Waals surface area contributed by atoms with Crippen molar-refractivity contribution in [3.63, 3.8) is 0 Å². The number of hydrogen-bond acceptors (Lipinski definition) is 1. The van der Waals surface area contributed by atoms with Crippen molar-refractivity contribution in [2.24, 2.45) is 0 Å². The Morgan fingerprint density at radius 2 is 2.07 bits per heavy atom. The van der Waals surface area contributed by atoms with E-state index in [1.54, 1.807) is 13.0 Å². The fourth-order valence-corrected chi connectivity index (χ4v) is 2.12. The summed E-state index contributed by atoms with van der Waals surface area (Å²) in [5.41, 5.74) is 1.34. The highest BCUT2D eigenvalue weighted by Crippen LogP contribution is 2.37. The summed E-state index contributed by atoms with van der Waals surface area (Å²) in [7, 11) is 0. The van der Waals surface area contributed by atoms with Crippen molar-refractivity contribution in [2.45, 2.75) is 19.3 Å². The van der Waals surface area contributed by atoms with Crippen molar-refractivity contribution in [3.05, 3.63) is 34.1 Å². The minimum Gasteiger partial charge on any atom is -0.379 e. The Morgan fingerprint density at radius 1 is 1.43 bits per heavy atom. The van der Waals surface area contributed by atoms with Crippen molar-refractivity contribution >= 4 is 11.6 Å². The lowest BCUT2D eigenvalue weighted by atomic mass is 9.80. The summed E-state index contributed by atoms with van der Waals surface area (Å²) in [5.74, 6) is -0.197. The molecule has 0 saturated carbocycles. The third-order valence-corrected chi connectivity index (χ3v) is 3.05. The molecular weight excluding hydrogens is 203 g/mol. The van der Waals surface area contributed by atoms with E-state index in [2.05, 4.69) is 0 Å². The zero-order chi connectivity index (χ0) is 10.3. The predicted molar refractivity (Wildman–Crippen MR) is 54.3 cm³/mol. The standard InChI is InChI=1S/C11H12ClFO/c1-7-3-9(12)8(4-10(7)13)11(2)5-14-6-11/h3-4H,5-6H2,1-2H3. The average molecular weight is 215 g/mol. The Bertz CT molecular complexity index is 372. The molecule has 0 aromatic heterocycles. The van der Waals surface area contributed by atoms with Gasteiger partial charge in [-0.1, -0.05) is 18.5 Å². The van der Waals surface area contributed by atoms with E-state index in [1.165, 1.54) is 6.07 Å². The molecule has 1 saturated heterocycles. The second-order valence-electron chi connectivity index (χ2n) is 4.13. The molecule has 1 aromatic rings. The SMILES string of the molecule is Cc1cc(Cl)c(C2(C)COC2)cc1F. The maximum atomic E-state index is 13.4.